The van der Waals surface area contributed by atoms with Crippen LogP contribution < -0.4 is 11.1 Å². The van der Waals surface area contributed by atoms with Crippen molar-refractivity contribution < 1.29 is 9.21 Å². The van der Waals surface area contributed by atoms with Crippen molar-refractivity contribution in [3.63, 3.8) is 0 Å². The lowest BCUT2D eigenvalue weighted by molar-refractivity contribution is 0.0956. The number of carbonyl (C=O) groups excluding carboxylic acids is 1. The van der Waals surface area contributed by atoms with Gasteiger partial charge >= 0.3 is 0 Å². The second kappa shape index (κ2) is 4.65. The van der Waals surface area contributed by atoms with Gasteiger partial charge in [-0.2, -0.15) is 0 Å². The minimum Gasteiger partial charge on any atom is -0.461 e. The van der Waals surface area contributed by atoms with E-state index < -0.39 is 0 Å². The van der Waals surface area contributed by atoms with E-state index in [1.807, 2.05) is 6.92 Å². The number of furan rings is 1. The molecule has 0 saturated heterocycles. The van der Waals surface area contributed by atoms with E-state index in [1.165, 1.54) is 12.5 Å². The van der Waals surface area contributed by atoms with Gasteiger partial charge in [-0.15, -0.1) is 0 Å². The number of nitrogens with one attached hydrogen (secondary N) is 1. The molecular weight excluding hydrogens is 220 g/mol. The molecule has 0 radical (unpaired) electrons. The fraction of sp³-hybridized carbons (Fsp3) is 0.182. The zero-order valence-electron chi connectivity index (χ0n) is 9.30. The number of nitrogens with zero attached hydrogens (tertiary/aromatic N) is 2. The Kier molecular flexibility index (Phi) is 3.04. The second-order valence-electron chi connectivity index (χ2n) is 3.33. The van der Waals surface area contributed by atoms with Crippen LogP contribution in [0, 0.1) is 0 Å². The first-order valence-electron chi connectivity index (χ1n) is 5.17. The first kappa shape index (κ1) is 11.1. The van der Waals surface area contributed by atoms with Gasteiger partial charge in [0.1, 0.15) is 5.82 Å². The standard InChI is InChI=1S/C11H12N4O2/c1-2-13-11(16)7-6-14-10(15-9(7)12)8-4-3-5-17-8/h3-6H,2H2,1H3,(H,13,16)(H2,12,14,15). The maximum Gasteiger partial charge on any atom is 0.256 e. The summed E-state index contributed by atoms with van der Waals surface area (Å²) in [5.41, 5.74) is 5.97. The molecule has 0 bridgehead atoms. The maximum atomic E-state index is 11.6. The first-order valence-corrected chi connectivity index (χ1v) is 5.17. The number of carbonyl (C=O) groups is 1. The fourth-order valence-electron chi connectivity index (χ4n) is 1.35. The molecule has 0 unspecified atom stereocenters. The summed E-state index contributed by atoms with van der Waals surface area (Å²) < 4.78 is 5.14. The first-order chi connectivity index (χ1) is 8.22. The molecule has 88 valence electrons. The van der Waals surface area contributed by atoms with E-state index in [2.05, 4.69) is 15.3 Å². The van der Waals surface area contributed by atoms with Crippen molar-refractivity contribution in [1.29, 1.82) is 0 Å². The summed E-state index contributed by atoms with van der Waals surface area (Å²) in [6.45, 7) is 2.35. The fourth-order valence-corrected chi connectivity index (χ4v) is 1.35. The number of anilines is 1. The van der Waals surface area contributed by atoms with Crippen LogP contribution in [0.2, 0.25) is 0 Å². The molecular formula is C11H12N4O2. The summed E-state index contributed by atoms with van der Waals surface area (Å²) in [5, 5.41) is 2.63. The van der Waals surface area contributed by atoms with E-state index in [-0.39, 0.29) is 17.3 Å². The maximum absolute atomic E-state index is 11.6. The highest BCUT2D eigenvalue weighted by Crippen LogP contribution is 2.17. The van der Waals surface area contributed by atoms with Crippen molar-refractivity contribution in [3.05, 3.63) is 30.2 Å². The molecule has 0 aromatic carbocycles. The topological polar surface area (TPSA) is 94.0 Å². The lowest BCUT2D eigenvalue weighted by Crippen LogP contribution is -2.24. The van der Waals surface area contributed by atoms with E-state index in [9.17, 15) is 4.79 Å². The van der Waals surface area contributed by atoms with Crippen LogP contribution in [0.15, 0.2) is 29.0 Å². The second-order valence-corrected chi connectivity index (χ2v) is 3.33. The van der Waals surface area contributed by atoms with E-state index in [1.54, 1.807) is 12.1 Å². The van der Waals surface area contributed by atoms with Gasteiger partial charge in [0.25, 0.3) is 5.91 Å². The third-order valence-corrected chi connectivity index (χ3v) is 2.14. The van der Waals surface area contributed by atoms with Crippen LogP contribution in [0.25, 0.3) is 11.6 Å². The Morgan fingerprint density at radius 3 is 3.00 bits per heavy atom. The van der Waals surface area contributed by atoms with Gasteiger partial charge in [-0.25, -0.2) is 9.97 Å². The normalized spacial score (nSPS) is 10.2. The van der Waals surface area contributed by atoms with Crippen LogP contribution in [0.5, 0.6) is 0 Å². The lowest BCUT2D eigenvalue weighted by Gasteiger charge is -2.05. The number of hydrogen-bond acceptors (Lipinski definition) is 5. The van der Waals surface area contributed by atoms with E-state index in [4.69, 9.17) is 10.2 Å². The molecule has 1 amide bonds. The highest BCUT2D eigenvalue weighted by Gasteiger charge is 2.13. The van der Waals surface area contributed by atoms with Crippen molar-refractivity contribution in [2.75, 3.05) is 12.3 Å². The highest BCUT2D eigenvalue weighted by molar-refractivity contribution is 5.98. The van der Waals surface area contributed by atoms with Gasteiger partial charge in [-0.05, 0) is 19.1 Å². The minimum absolute atomic E-state index is 0.136. The van der Waals surface area contributed by atoms with Crippen LogP contribution in [0.4, 0.5) is 5.82 Å². The molecule has 0 saturated carbocycles. The van der Waals surface area contributed by atoms with E-state index in [0.29, 0.717) is 18.1 Å². The third kappa shape index (κ3) is 2.25. The van der Waals surface area contributed by atoms with E-state index in [0.717, 1.165) is 0 Å². The van der Waals surface area contributed by atoms with Gasteiger partial charge in [0, 0.05) is 12.7 Å². The zero-order valence-corrected chi connectivity index (χ0v) is 9.30. The Morgan fingerprint density at radius 1 is 1.59 bits per heavy atom. The Hall–Kier alpha value is -2.37. The summed E-state index contributed by atoms with van der Waals surface area (Å²) in [6, 6.07) is 3.45. The summed E-state index contributed by atoms with van der Waals surface area (Å²) in [4.78, 5) is 19.6. The Balaban J connectivity index is 2.32. The van der Waals surface area contributed by atoms with Gasteiger partial charge < -0.3 is 15.5 Å². The predicted octanol–water partition coefficient (Wildman–Crippen LogP) is 1.07. The van der Waals surface area contributed by atoms with Crippen LogP contribution >= 0.6 is 0 Å². The molecule has 6 nitrogen and oxygen atoms in total. The molecule has 0 spiro atoms. The molecule has 6 heteroatoms. The Bertz CT molecular complexity index is 522. The summed E-state index contributed by atoms with van der Waals surface area (Å²) in [6.07, 6.45) is 2.91. The van der Waals surface area contributed by atoms with Gasteiger partial charge in [-0.1, -0.05) is 0 Å². The lowest BCUT2D eigenvalue weighted by atomic mass is 10.3. The Labute approximate surface area is 97.9 Å². The molecule has 0 aliphatic heterocycles. The third-order valence-electron chi connectivity index (χ3n) is 2.14. The molecule has 0 atom stereocenters. The summed E-state index contributed by atoms with van der Waals surface area (Å²) in [7, 11) is 0. The average Bonchev–Trinajstić information content (AvgIpc) is 2.82. The quantitative estimate of drug-likeness (QED) is 0.825. The van der Waals surface area contributed by atoms with Gasteiger partial charge in [0.05, 0.1) is 11.8 Å². The van der Waals surface area contributed by atoms with E-state index >= 15 is 0 Å². The number of nitrogen functional groups attached to an aromatic ring is 1. The van der Waals surface area contributed by atoms with Gasteiger partial charge in [-0.3, -0.25) is 4.79 Å². The molecule has 0 fully saturated rings. The van der Waals surface area contributed by atoms with Crippen molar-refractivity contribution in [2.24, 2.45) is 0 Å². The van der Waals surface area contributed by atoms with Crippen LogP contribution in [0.1, 0.15) is 17.3 Å². The summed E-state index contributed by atoms with van der Waals surface area (Å²) in [5.74, 6) is 0.730. The molecule has 2 rings (SSSR count). The monoisotopic (exact) mass is 232 g/mol. The highest BCUT2D eigenvalue weighted by atomic mass is 16.3. The summed E-state index contributed by atoms with van der Waals surface area (Å²) >= 11 is 0. The van der Waals surface area contributed by atoms with Crippen molar-refractivity contribution >= 4 is 11.7 Å². The van der Waals surface area contributed by atoms with Gasteiger partial charge in [0.15, 0.2) is 11.6 Å². The number of nitrogens with two attached hydrogens (primary N) is 1. The minimum atomic E-state index is -0.281. The molecule has 0 aliphatic carbocycles. The number of rotatable bonds is 3. The molecule has 2 aromatic rings. The number of amides is 1. The SMILES string of the molecule is CCNC(=O)c1cnc(-c2ccco2)nc1N. The zero-order chi connectivity index (χ0) is 12.3. The predicted molar refractivity (Wildman–Crippen MR) is 62.2 cm³/mol. The average molecular weight is 232 g/mol. The largest absolute Gasteiger partial charge is 0.461 e. The van der Waals surface area contributed by atoms with Crippen LogP contribution in [-0.2, 0) is 0 Å². The Morgan fingerprint density at radius 2 is 2.41 bits per heavy atom. The molecule has 3 N–H and O–H groups in total. The van der Waals surface area contributed by atoms with Crippen molar-refractivity contribution in [1.82, 2.24) is 15.3 Å². The molecule has 0 aliphatic rings. The number of hydrogen-bond donors (Lipinski definition) is 2. The molecule has 2 aromatic heterocycles. The van der Waals surface area contributed by atoms with Crippen LogP contribution in [-0.4, -0.2) is 22.4 Å². The number of aromatic nitrogens is 2. The van der Waals surface area contributed by atoms with Crippen LogP contribution in [0.3, 0.4) is 0 Å². The van der Waals surface area contributed by atoms with Gasteiger partial charge in [0.2, 0.25) is 0 Å². The smallest absolute Gasteiger partial charge is 0.256 e. The van der Waals surface area contributed by atoms with Crippen molar-refractivity contribution in [3.8, 4) is 11.6 Å². The molecule has 17 heavy (non-hydrogen) atoms. The molecule has 2 heterocycles. The van der Waals surface area contributed by atoms with Crippen molar-refractivity contribution in [2.45, 2.75) is 6.92 Å².